The maximum absolute atomic E-state index is 12.8. The van der Waals surface area contributed by atoms with Crippen molar-refractivity contribution in [1.82, 2.24) is 34.1 Å². The molecule has 0 bridgehead atoms. The number of rotatable bonds is 2. The van der Waals surface area contributed by atoms with Gasteiger partial charge in [-0.25, -0.2) is 9.97 Å². The number of pyridine rings is 1. The number of aryl methyl sites for hydroxylation is 1. The molecule has 0 aromatic carbocycles. The molecule has 0 N–H and O–H groups in total. The van der Waals surface area contributed by atoms with Crippen molar-refractivity contribution in [2.24, 2.45) is 5.41 Å². The first kappa shape index (κ1) is 16.6. The fraction of sp³-hybridized carbons (Fsp3) is 0.350. The summed E-state index contributed by atoms with van der Waals surface area (Å²) < 4.78 is 3.07. The Hall–Kier alpha value is -3.33. The van der Waals surface area contributed by atoms with Gasteiger partial charge in [-0.2, -0.15) is 0 Å². The van der Waals surface area contributed by atoms with Gasteiger partial charge in [0.25, 0.3) is 5.56 Å². The second-order valence-electron chi connectivity index (χ2n) is 8.35. The van der Waals surface area contributed by atoms with Crippen molar-refractivity contribution in [2.45, 2.75) is 6.92 Å². The fourth-order valence-corrected chi connectivity index (χ4v) is 4.68. The number of hydrogen-bond acceptors (Lipinski definition) is 7. The van der Waals surface area contributed by atoms with Crippen LogP contribution in [0.3, 0.4) is 0 Å². The second-order valence-corrected chi connectivity index (χ2v) is 8.35. The lowest BCUT2D eigenvalue weighted by atomic mass is 9.73. The van der Waals surface area contributed by atoms with Crippen molar-refractivity contribution in [2.75, 3.05) is 38.1 Å². The molecule has 29 heavy (non-hydrogen) atoms. The predicted octanol–water partition coefficient (Wildman–Crippen LogP) is 0.859. The van der Waals surface area contributed by atoms with Crippen molar-refractivity contribution in [3.05, 3.63) is 52.7 Å². The quantitative estimate of drug-likeness (QED) is 0.504. The molecule has 4 aromatic rings. The van der Waals surface area contributed by atoms with Gasteiger partial charge < -0.3 is 9.80 Å². The molecule has 0 atom stereocenters. The van der Waals surface area contributed by atoms with E-state index in [0.717, 1.165) is 31.9 Å². The average Bonchev–Trinajstić information content (AvgIpc) is 3.02. The lowest BCUT2D eigenvalue weighted by Gasteiger charge is -2.60. The summed E-state index contributed by atoms with van der Waals surface area (Å²) in [4.78, 5) is 26.4. The van der Waals surface area contributed by atoms with Crippen molar-refractivity contribution >= 4 is 17.0 Å². The van der Waals surface area contributed by atoms with Gasteiger partial charge in [0.1, 0.15) is 17.2 Å². The van der Waals surface area contributed by atoms with E-state index < -0.39 is 0 Å². The van der Waals surface area contributed by atoms with Crippen LogP contribution in [0, 0.1) is 12.3 Å². The molecule has 9 heteroatoms. The van der Waals surface area contributed by atoms with Crippen LogP contribution in [0.15, 0.2) is 41.3 Å². The summed E-state index contributed by atoms with van der Waals surface area (Å²) in [5.41, 5.74) is 3.77. The molecule has 6 rings (SSSR count). The van der Waals surface area contributed by atoms with E-state index in [1.54, 1.807) is 4.40 Å². The van der Waals surface area contributed by atoms with Gasteiger partial charge in [0.05, 0.1) is 11.4 Å². The van der Waals surface area contributed by atoms with E-state index in [0.29, 0.717) is 33.9 Å². The minimum atomic E-state index is -0.123. The van der Waals surface area contributed by atoms with E-state index >= 15 is 0 Å². The van der Waals surface area contributed by atoms with Crippen LogP contribution in [0.5, 0.6) is 0 Å². The molecular weight excluding hydrogens is 368 g/mol. The zero-order valence-corrected chi connectivity index (χ0v) is 16.3. The van der Waals surface area contributed by atoms with Gasteiger partial charge in [-0.15, -0.1) is 14.8 Å². The van der Waals surface area contributed by atoms with E-state index in [2.05, 4.69) is 37.0 Å². The molecule has 0 radical (unpaired) electrons. The van der Waals surface area contributed by atoms with Crippen LogP contribution in [-0.2, 0) is 0 Å². The third-order valence-corrected chi connectivity index (χ3v) is 5.85. The van der Waals surface area contributed by atoms with E-state index in [-0.39, 0.29) is 5.56 Å². The lowest BCUT2D eigenvalue weighted by molar-refractivity contribution is -0.00242. The number of anilines is 1. The highest BCUT2D eigenvalue weighted by molar-refractivity contribution is 5.61. The topological polar surface area (TPSA) is 83.9 Å². The van der Waals surface area contributed by atoms with Gasteiger partial charge in [-0.05, 0) is 38.2 Å². The first-order valence-corrected chi connectivity index (χ1v) is 9.66. The maximum Gasteiger partial charge on any atom is 0.258 e. The Balaban J connectivity index is 1.34. The molecule has 4 aromatic heterocycles. The molecule has 1 spiro atoms. The Morgan fingerprint density at radius 3 is 2.52 bits per heavy atom. The molecule has 0 aliphatic carbocycles. The van der Waals surface area contributed by atoms with Crippen molar-refractivity contribution < 1.29 is 0 Å². The highest BCUT2D eigenvalue weighted by atomic mass is 16.1. The number of hydrogen-bond donors (Lipinski definition) is 0. The van der Waals surface area contributed by atoms with Crippen LogP contribution >= 0.6 is 0 Å². The first-order chi connectivity index (χ1) is 14.0. The number of likely N-dealkylation sites (tertiary alicyclic amines) is 1. The molecule has 2 saturated heterocycles. The summed E-state index contributed by atoms with van der Waals surface area (Å²) in [6.45, 7) is 6.22. The largest absolute Gasteiger partial charge is 0.369 e. The lowest BCUT2D eigenvalue weighted by Crippen LogP contribution is -2.71. The van der Waals surface area contributed by atoms with Gasteiger partial charge in [0.2, 0.25) is 0 Å². The van der Waals surface area contributed by atoms with E-state index in [9.17, 15) is 4.79 Å². The summed E-state index contributed by atoms with van der Waals surface area (Å²) in [6, 6.07) is 9.10. The molecule has 146 valence electrons. The summed E-state index contributed by atoms with van der Waals surface area (Å²) in [5, 5.41) is 8.67. The van der Waals surface area contributed by atoms with Crippen LogP contribution in [-0.4, -0.2) is 67.3 Å². The third kappa shape index (κ3) is 2.54. The standard InChI is InChI=1S/C20H20N8O/c1-13-21-18-6-4-15(24-28(18)23-13)16-7-19(29)27-8-14(3-5-17(27)22-16)26-11-20(12-26)9-25(2)10-20/h3-8H,9-12H2,1-2H3. The number of aromatic nitrogens is 6. The van der Waals surface area contributed by atoms with E-state index in [1.807, 2.05) is 37.4 Å². The minimum Gasteiger partial charge on any atom is -0.369 e. The van der Waals surface area contributed by atoms with Gasteiger partial charge in [-0.3, -0.25) is 9.20 Å². The molecule has 2 aliphatic heterocycles. The van der Waals surface area contributed by atoms with E-state index in [1.165, 1.54) is 10.7 Å². The number of nitrogens with zero attached hydrogens (tertiary/aromatic N) is 8. The summed E-state index contributed by atoms with van der Waals surface area (Å²) in [5.74, 6) is 0.648. The zero-order valence-electron chi connectivity index (χ0n) is 16.3. The molecular formula is C20H20N8O. The Labute approximate surface area is 166 Å². The molecule has 2 fully saturated rings. The minimum absolute atomic E-state index is 0.123. The Morgan fingerprint density at radius 1 is 0.931 bits per heavy atom. The monoisotopic (exact) mass is 388 g/mol. The van der Waals surface area contributed by atoms with Crippen molar-refractivity contribution in [3.63, 3.8) is 0 Å². The van der Waals surface area contributed by atoms with Gasteiger partial charge in [0.15, 0.2) is 5.65 Å². The van der Waals surface area contributed by atoms with Crippen LogP contribution in [0.25, 0.3) is 22.7 Å². The molecule has 0 amide bonds. The van der Waals surface area contributed by atoms with Crippen LogP contribution in [0.4, 0.5) is 5.69 Å². The summed E-state index contributed by atoms with van der Waals surface area (Å²) in [6.07, 6.45) is 1.89. The van der Waals surface area contributed by atoms with Crippen LogP contribution in [0.1, 0.15) is 5.82 Å². The molecule has 2 aliphatic rings. The smallest absolute Gasteiger partial charge is 0.258 e. The molecule has 6 heterocycles. The Bertz CT molecular complexity index is 1330. The summed E-state index contributed by atoms with van der Waals surface area (Å²) in [7, 11) is 2.16. The average molecular weight is 388 g/mol. The maximum atomic E-state index is 12.8. The van der Waals surface area contributed by atoms with Crippen LogP contribution < -0.4 is 10.5 Å². The molecule has 0 unspecified atom stereocenters. The predicted molar refractivity (Wildman–Crippen MR) is 108 cm³/mol. The highest BCUT2D eigenvalue weighted by Crippen LogP contribution is 2.40. The third-order valence-electron chi connectivity index (χ3n) is 5.85. The zero-order chi connectivity index (χ0) is 19.8. The number of fused-ring (bicyclic) bond motifs is 2. The second kappa shape index (κ2) is 5.60. The summed E-state index contributed by atoms with van der Waals surface area (Å²) >= 11 is 0. The van der Waals surface area contributed by atoms with E-state index in [4.69, 9.17) is 0 Å². The fourth-order valence-electron chi connectivity index (χ4n) is 4.68. The van der Waals surface area contributed by atoms with Gasteiger partial charge in [-0.1, -0.05) is 0 Å². The van der Waals surface area contributed by atoms with Crippen LogP contribution in [0.2, 0.25) is 0 Å². The molecule has 9 nitrogen and oxygen atoms in total. The van der Waals surface area contributed by atoms with Crippen molar-refractivity contribution in [1.29, 1.82) is 0 Å². The highest BCUT2D eigenvalue weighted by Gasteiger charge is 2.50. The Kier molecular flexibility index (Phi) is 3.21. The van der Waals surface area contributed by atoms with Gasteiger partial charge >= 0.3 is 0 Å². The first-order valence-electron chi connectivity index (χ1n) is 9.66. The van der Waals surface area contributed by atoms with Crippen molar-refractivity contribution in [3.8, 4) is 11.4 Å². The normalized spacial score (nSPS) is 18.3. The Morgan fingerprint density at radius 2 is 1.72 bits per heavy atom. The molecule has 0 saturated carbocycles. The van der Waals surface area contributed by atoms with Gasteiger partial charge in [0, 0.05) is 43.9 Å². The SMILES string of the molecule is Cc1nc2ccc(-c3cc(=O)n4cc(N5CC6(CN(C)C6)C5)ccc4n3)nn2n1.